The van der Waals surface area contributed by atoms with Gasteiger partial charge in [-0.1, -0.05) is 26.5 Å². The van der Waals surface area contributed by atoms with Crippen molar-refractivity contribution in [1.29, 1.82) is 0 Å². The summed E-state index contributed by atoms with van der Waals surface area (Å²) in [6.45, 7) is 12.3. The zero-order valence-corrected chi connectivity index (χ0v) is 16.9. The van der Waals surface area contributed by atoms with Crippen molar-refractivity contribution < 1.29 is 28.7 Å². The Morgan fingerprint density at radius 2 is 1.57 bits per heavy atom. The van der Waals surface area contributed by atoms with Crippen LogP contribution in [0, 0.1) is 0 Å². The van der Waals surface area contributed by atoms with E-state index in [9.17, 15) is 19.2 Å². The van der Waals surface area contributed by atoms with E-state index in [4.69, 9.17) is 9.47 Å². The van der Waals surface area contributed by atoms with Crippen LogP contribution < -0.4 is 10.6 Å². The standard InChI is InChI=1S/C19H31N3O6/c1-6-9-11-22(12-10-20-15(4)23)18(26)21-19(5,13-27-16(24)7-2)14-28-17(25)8-3/h7-8H,2-3,6,9-14H2,1,4-5H3,(H,20,23)(H,21,26). The summed E-state index contributed by atoms with van der Waals surface area (Å²) in [6, 6.07) is -0.425. The number of hydrogen-bond donors (Lipinski definition) is 2. The maximum atomic E-state index is 12.7. The van der Waals surface area contributed by atoms with Crippen LogP contribution in [-0.4, -0.2) is 67.2 Å². The van der Waals surface area contributed by atoms with Gasteiger partial charge in [0.25, 0.3) is 0 Å². The predicted octanol–water partition coefficient (Wildman–Crippen LogP) is 1.15. The van der Waals surface area contributed by atoms with E-state index in [0.717, 1.165) is 25.0 Å². The van der Waals surface area contributed by atoms with Crippen molar-refractivity contribution in [2.45, 2.75) is 39.2 Å². The zero-order valence-electron chi connectivity index (χ0n) is 16.9. The molecule has 0 radical (unpaired) electrons. The van der Waals surface area contributed by atoms with Crippen LogP contribution in [0.15, 0.2) is 25.3 Å². The first-order valence-corrected chi connectivity index (χ1v) is 9.07. The summed E-state index contributed by atoms with van der Waals surface area (Å²) in [5.41, 5.74) is -1.16. The van der Waals surface area contributed by atoms with Gasteiger partial charge in [-0.15, -0.1) is 0 Å². The molecule has 0 bridgehead atoms. The molecule has 0 spiro atoms. The van der Waals surface area contributed by atoms with E-state index in [1.807, 2.05) is 6.92 Å². The fraction of sp³-hybridized carbons (Fsp3) is 0.579. The molecule has 0 aliphatic carbocycles. The molecule has 0 rings (SSSR count). The van der Waals surface area contributed by atoms with Gasteiger partial charge in [0.15, 0.2) is 0 Å². The van der Waals surface area contributed by atoms with Gasteiger partial charge in [-0.2, -0.15) is 0 Å². The first-order chi connectivity index (χ1) is 13.2. The highest BCUT2D eigenvalue weighted by Gasteiger charge is 2.31. The van der Waals surface area contributed by atoms with Crippen LogP contribution in [0.1, 0.15) is 33.6 Å². The lowest BCUT2D eigenvalue weighted by Crippen LogP contribution is -2.57. The predicted molar refractivity (Wildman–Crippen MR) is 104 cm³/mol. The first-order valence-electron chi connectivity index (χ1n) is 9.07. The molecular formula is C19H31N3O6. The number of nitrogens with one attached hydrogen (secondary N) is 2. The van der Waals surface area contributed by atoms with Crippen molar-refractivity contribution in [2.24, 2.45) is 0 Å². The highest BCUT2D eigenvalue weighted by Crippen LogP contribution is 2.09. The Morgan fingerprint density at radius 3 is 2.00 bits per heavy atom. The molecule has 0 atom stereocenters. The average molecular weight is 397 g/mol. The van der Waals surface area contributed by atoms with Crippen LogP contribution >= 0.6 is 0 Å². The third kappa shape index (κ3) is 11.0. The van der Waals surface area contributed by atoms with Crippen molar-refractivity contribution in [3.8, 4) is 0 Å². The molecule has 9 nitrogen and oxygen atoms in total. The number of carbonyl (C=O) groups excluding carboxylic acids is 4. The summed E-state index contributed by atoms with van der Waals surface area (Å²) in [5.74, 6) is -1.51. The summed E-state index contributed by atoms with van der Waals surface area (Å²) < 4.78 is 10.1. The molecule has 0 aromatic carbocycles. The van der Waals surface area contributed by atoms with E-state index in [-0.39, 0.29) is 19.1 Å². The van der Waals surface area contributed by atoms with Gasteiger partial charge in [0.2, 0.25) is 5.91 Å². The molecule has 9 heteroatoms. The minimum atomic E-state index is -1.16. The van der Waals surface area contributed by atoms with Gasteiger partial charge in [-0.05, 0) is 13.3 Å². The third-order valence-corrected chi connectivity index (χ3v) is 3.63. The minimum absolute atomic E-state index is 0.187. The molecule has 28 heavy (non-hydrogen) atoms. The minimum Gasteiger partial charge on any atom is -0.460 e. The number of rotatable bonds is 13. The van der Waals surface area contributed by atoms with Gasteiger partial charge in [0.1, 0.15) is 18.8 Å². The lowest BCUT2D eigenvalue weighted by Gasteiger charge is -2.33. The second-order valence-corrected chi connectivity index (χ2v) is 6.44. The summed E-state index contributed by atoms with van der Waals surface area (Å²) in [7, 11) is 0. The maximum Gasteiger partial charge on any atom is 0.330 e. The summed E-state index contributed by atoms with van der Waals surface area (Å²) in [4.78, 5) is 48.1. The summed E-state index contributed by atoms with van der Waals surface area (Å²) in [5, 5.41) is 5.39. The van der Waals surface area contributed by atoms with Gasteiger partial charge in [0.05, 0.1) is 0 Å². The first kappa shape index (κ1) is 25.2. The number of ether oxygens (including phenoxy) is 2. The molecular weight excluding hydrogens is 366 g/mol. The van der Waals surface area contributed by atoms with Gasteiger partial charge >= 0.3 is 18.0 Å². The number of urea groups is 1. The molecule has 0 aliphatic rings. The van der Waals surface area contributed by atoms with Crippen LogP contribution in [0.5, 0.6) is 0 Å². The number of amides is 3. The Bertz CT molecular complexity index is 552. The van der Waals surface area contributed by atoms with Gasteiger partial charge in [-0.25, -0.2) is 14.4 Å². The third-order valence-electron chi connectivity index (χ3n) is 3.63. The highest BCUT2D eigenvalue weighted by atomic mass is 16.5. The molecule has 0 heterocycles. The van der Waals surface area contributed by atoms with E-state index >= 15 is 0 Å². The molecule has 158 valence electrons. The monoisotopic (exact) mass is 397 g/mol. The molecule has 0 aliphatic heterocycles. The van der Waals surface area contributed by atoms with Crippen LogP contribution in [0.2, 0.25) is 0 Å². The Kier molecular flexibility index (Phi) is 12.0. The summed E-state index contributed by atoms with van der Waals surface area (Å²) in [6.07, 6.45) is 3.66. The van der Waals surface area contributed by atoms with Crippen LogP contribution in [0.4, 0.5) is 4.79 Å². The Labute approximate surface area is 166 Å². The molecule has 0 aromatic rings. The Balaban J connectivity index is 5.14. The van der Waals surface area contributed by atoms with E-state index in [1.54, 1.807) is 11.8 Å². The van der Waals surface area contributed by atoms with Crippen molar-refractivity contribution in [3.05, 3.63) is 25.3 Å². The molecule has 0 saturated carbocycles. The lowest BCUT2D eigenvalue weighted by atomic mass is 10.1. The number of esters is 2. The summed E-state index contributed by atoms with van der Waals surface area (Å²) >= 11 is 0. The van der Waals surface area contributed by atoms with Crippen LogP contribution in [-0.2, 0) is 23.9 Å². The number of nitrogens with zero attached hydrogens (tertiary/aromatic N) is 1. The fourth-order valence-corrected chi connectivity index (χ4v) is 2.06. The van der Waals surface area contributed by atoms with E-state index in [2.05, 4.69) is 23.8 Å². The van der Waals surface area contributed by atoms with E-state index in [0.29, 0.717) is 19.6 Å². The number of hydrogen-bond acceptors (Lipinski definition) is 6. The Hall–Kier alpha value is -2.84. The second kappa shape index (κ2) is 13.3. The van der Waals surface area contributed by atoms with Crippen molar-refractivity contribution in [1.82, 2.24) is 15.5 Å². The molecule has 0 saturated heterocycles. The molecule has 0 fully saturated rings. The van der Waals surface area contributed by atoms with E-state index in [1.165, 1.54) is 6.92 Å². The molecule has 2 N–H and O–H groups in total. The van der Waals surface area contributed by atoms with Crippen molar-refractivity contribution in [3.63, 3.8) is 0 Å². The van der Waals surface area contributed by atoms with Crippen LogP contribution in [0.25, 0.3) is 0 Å². The van der Waals surface area contributed by atoms with Crippen molar-refractivity contribution >= 4 is 23.9 Å². The molecule has 0 unspecified atom stereocenters. The van der Waals surface area contributed by atoms with Gasteiger partial charge in [0, 0.05) is 38.7 Å². The number of unbranched alkanes of at least 4 members (excludes halogenated alkanes) is 1. The second-order valence-electron chi connectivity index (χ2n) is 6.44. The quantitative estimate of drug-likeness (QED) is 0.356. The van der Waals surface area contributed by atoms with Gasteiger partial charge < -0.3 is 25.0 Å². The average Bonchev–Trinajstić information content (AvgIpc) is 2.66. The maximum absolute atomic E-state index is 12.7. The normalized spacial score (nSPS) is 10.4. The van der Waals surface area contributed by atoms with E-state index < -0.39 is 23.5 Å². The largest absolute Gasteiger partial charge is 0.460 e. The van der Waals surface area contributed by atoms with Crippen LogP contribution in [0.3, 0.4) is 0 Å². The Morgan fingerprint density at radius 1 is 1.04 bits per heavy atom. The lowest BCUT2D eigenvalue weighted by molar-refractivity contribution is -0.144. The molecule has 0 aromatic heterocycles. The SMILES string of the molecule is C=CC(=O)OCC(C)(COC(=O)C=C)NC(=O)N(CCCC)CCNC(C)=O. The number of carbonyl (C=O) groups is 4. The highest BCUT2D eigenvalue weighted by molar-refractivity contribution is 5.82. The smallest absolute Gasteiger partial charge is 0.330 e. The van der Waals surface area contributed by atoms with Crippen molar-refractivity contribution in [2.75, 3.05) is 32.8 Å². The zero-order chi connectivity index (χ0) is 21.6. The van der Waals surface area contributed by atoms with Gasteiger partial charge in [-0.3, -0.25) is 4.79 Å². The molecule has 3 amide bonds. The topological polar surface area (TPSA) is 114 Å². The fourth-order valence-electron chi connectivity index (χ4n) is 2.06.